The van der Waals surface area contributed by atoms with E-state index in [0.717, 1.165) is 88.4 Å². The Balaban J connectivity index is 2.46. The Hall–Kier alpha value is -2.98. The van der Waals surface area contributed by atoms with Gasteiger partial charge in [0.15, 0.2) is 23.0 Å². The van der Waals surface area contributed by atoms with Crippen LogP contribution in [0.5, 0.6) is 34.5 Å². The van der Waals surface area contributed by atoms with Crippen LogP contribution in [0.4, 0.5) is 11.4 Å². The summed E-state index contributed by atoms with van der Waals surface area (Å²) in [5.41, 5.74) is 1.56. The molecule has 702 valence electrons. The lowest BCUT2D eigenvalue weighted by Crippen LogP contribution is -2.26. The van der Waals surface area contributed by atoms with Gasteiger partial charge < -0.3 is 39.1 Å². The number of ether oxygens (including phenoxy) is 6. The lowest BCUT2D eigenvalue weighted by Gasteiger charge is -2.21. The molecular formula is C110H204N2O6S2. The van der Waals surface area contributed by atoms with Crippen molar-refractivity contribution < 1.29 is 28.4 Å². The van der Waals surface area contributed by atoms with Crippen molar-refractivity contribution in [3.63, 3.8) is 0 Å². The molecule has 2 aromatic carbocycles. The van der Waals surface area contributed by atoms with Crippen molar-refractivity contribution in [1.29, 1.82) is 0 Å². The average Bonchev–Trinajstić information content (AvgIpc) is 0.822. The van der Waals surface area contributed by atoms with E-state index in [2.05, 4.69) is 76.4 Å². The molecule has 0 aromatic heterocycles. The van der Waals surface area contributed by atoms with E-state index in [1.165, 1.54) is 462 Å². The van der Waals surface area contributed by atoms with Crippen molar-refractivity contribution >= 4 is 45.8 Å². The molecule has 0 unspecified atom stereocenters. The molecule has 0 aliphatic heterocycles. The lowest BCUT2D eigenvalue weighted by atomic mass is 10.0. The van der Waals surface area contributed by atoms with Crippen LogP contribution in [0.3, 0.4) is 0 Å². The Morgan fingerprint density at radius 1 is 0.167 bits per heavy atom. The number of rotatable bonds is 98. The van der Waals surface area contributed by atoms with Crippen LogP contribution in [-0.4, -0.2) is 49.6 Å². The molecule has 0 fully saturated rings. The third-order valence-corrected chi connectivity index (χ3v) is 26.0. The van der Waals surface area contributed by atoms with Crippen LogP contribution < -0.4 is 39.1 Å². The van der Waals surface area contributed by atoms with E-state index in [-0.39, 0.29) is 0 Å². The monoisotopic (exact) mass is 1710 g/mol. The Kier molecular flexibility index (Phi) is 86.9. The standard InChI is InChI=1S/C110H204N2O6S2/c1-7-13-19-25-31-37-43-49-55-61-67-73-79-85-91-113-103-97-101(98-104(114-92-86-80-74-68-62-56-50-44-38-32-26-20-14-8-2)107(103)117-95-89-83-77-71-65-59-53-47-41-35-29-23-17-11-5)111-109(119)110(120)112-102-99-105(115-93-87-81-75-69-63-57-51-45-39-33-27-21-15-9-3)108(118-96-90-84-78-72-66-60-54-48-42-36-30-24-18-12-6)106(100-102)116-94-88-82-76-70-64-58-52-46-40-34-28-22-16-10-4/h97-100H,7-96H2,1-6H3,(H,111,119)(H,112,120). The first-order chi connectivity index (χ1) is 59.4. The summed E-state index contributed by atoms with van der Waals surface area (Å²) in [6, 6.07) is 8.31. The number of hydrogen-bond donors (Lipinski definition) is 2. The zero-order valence-electron chi connectivity index (χ0n) is 81.2. The first kappa shape index (κ1) is 113. The van der Waals surface area contributed by atoms with E-state index in [1.807, 2.05) is 0 Å². The maximum absolute atomic E-state index is 6.90. The van der Waals surface area contributed by atoms with Gasteiger partial charge in [0.25, 0.3) is 0 Å². The molecule has 0 aliphatic carbocycles. The van der Waals surface area contributed by atoms with Crippen LogP contribution in [-0.2, 0) is 0 Å². The van der Waals surface area contributed by atoms with Crippen LogP contribution in [0.15, 0.2) is 24.3 Å². The summed E-state index contributed by atoms with van der Waals surface area (Å²) >= 11 is 12.7. The number of anilines is 2. The van der Waals surface area contributed by atoms with Crippen LogP contribution in [0.25, 0.3) is 0 Å². The normalized spacial score (nSPS) is 11.5. The van der Waals surface area contributed by atoms with Gasteiger partial charge in [-0.1, -0.05) is 567 Å². The van der Waals surface area contributed by atoms with Gasteiger partial charge in [0.05, 0.1) is 39.6 Å². The SMILES string of the molecule is CCCCCCCCCCCCCCCCOc1cc(NC(=S)C(=S)Nc2cc(OCCCCCCCCCCCCCCCC)c(OCCCCCCCCCCCCCCCC)c(OCCCCCCCCCCCCCCCC)c2)cc(OCCCCCCCCCCCCCCCC)c1OCCCCCCCCCCCCCCCC. The molecule has 10 heteroatoms. The van der Waals surface area contributed by atoms with Gasteiger partial charge in [-0.25, -0.2) is 0 Å². The highest BCUT2D eigenvalue weighted by Gasteiger charge is 2.21. The van der Waals surface area contributed by atoms with Gasteiger partial charge in [-0.05, 0) is 38.5 Å². The van der Waals surface area contributed by atoms with Crippen molar-refractivity contribution in [3.05, 3.63) is 24.3 Å². The minimum absolute atomic E-state index is 0.421. The second-order valence-corrected chi connectivity index (χ2v) is 38.0. The molecule has 0 amide bonds. The van der Waals surface area contributed by atoms with Crippen molar-refractivity contribution in [2.45, 2.75) is 581 Å². The average molecular weight is 1710 g/mol. The van der Waals surface area contributed by atoms with E-state index in [0.29, 0.717) is 84.1 Å². The predicted octanol–water partition coefficient (Wildman–Crippen LogP) is 39.0. The number of hydrogen-bond acceptors (Lipinski definition) is 8. The second-order valence-electron chi connectivity index (χ2n) is 37.2. The van der Waals surface area contributed by atoms with E-state index in [9.17, 15) is 0 Å². The van der Waals surface area contributed by atoms with Crippen molar-refractivity contribution in [1.82, 2.24) is 0 Å². The van der Waals surface area contributed by atoms with Gasteiger partial charge in [-0.2, -0.15) is 0 Å². The molecule has 0 bridgehead atoms. The second kappa shape index (κ2) is 92.2. The fourth-order valence-electron chi connectivity index (χ4n) is 17.2. The highest BCUT2D eigenvalue weighted by molar-refractivity contribution is 7.89. The quantitative estimate of drug-likeness (QED) is 0.0494. The van der Waals surface area contributed by atoms with Crippen LogP contribution in [0.2, 0.25) is 0 Å². The number of nitrogens with one attached hydrogen (secondary N) is 2. The summed E-state index contributed by atoms with van der Waals surface area (Å²) in [7, 11) is 0. The van der Waals surface area contributed by atoms with Crippen molar-refractivity contribution in [2.75, 3.05) is 50.3 Å². The lowest BCUT2D eigenvalue weighted by molar-refractivity contribution is 0.234. The molecule has 120 heavy (non-hydrogen) atoms. The number of unbranched alkanes of at least 4 members (excludes halogenated alkanes) is 78. The summed E-state index contributed by atoms with van der Waals surface area (Å²) in [5, 5.41) is 7.21. The molecule has 0 radical (unpaired) electrons. The van der Waals surface area contributed by atoms with E-state index in [4.69, 9.17) is 52.9 Å². The predicted molar refractivity (Wildman–Crippen MR) is 540 cm³/mol. The zero-order chi connectivity index (χ0) is 85.9. The van der Waals surface area contributed by atoms with Gasteiger partial charge in [0.2, 0.25) is 11.5 Å². The highest BCUT2D eigenvalue weighted by atomic mass is 32.1. The minimum atomic E-state index is 0.421. The van der Waals surface area contributed by atoms with Gasteiger partial charge in [0, 0.05) is 35.6 Å². The van der Waals surface area contributed by atoms with Gasteiger partial charge in [-0.3, -0.25) is 0 Å². The molecule has 0 heterocycles. The zero-order valence-corrected chi connectivity index (χ0v) is 82.8. The van der Waals surface area contributed by atoms with Crippen LogP contribution in [0.1, 0.15) is 581 Å². The van der Waals surface area contributed by atoms with E-state index < -0.39 is 0 Å². The first-order valence-corrected chi connectivity index (χ1v) is 55.0. The molecule has 2 N–H and O–H groups in total. The molecule has 0 saturated carbocycles. The summed E-state index contributed by atoms with van der Waals surface area (Å²) in [4.78, 5) is 0.842. The van der Waals surface area contributed by atoms with Gasteiger partial charge in [-0.15, -0.1) is 0 Å². The third-order valence-electron chi connectivity index (χ3n) is 25.3. The fraction of sp³-hybridized carbons (Fsp3) is 0.873. The van der Waals surface area contributed by atoms with Crippen molar-refractivity contribution in [3.8, 4) is 34.5 Å². The molecule has 2 aromatic rings. The Morgan fingerprint density at radius 3 is 0.400 bits per heavy atom. The fourth-order valence-corrected chi connectivity index (χ4v) is 17.6. The van der Waals surface area contributed by atoms with E-state index >= 15 is 0 Å². The number of thiocarbonyl (C=S) groups is 2. The Morgan fingerprint density at radius 2 is 0.275 bits per heavy atom. The molecule has 8 nitrogen and oxygen atoms in total. The van der Waals surface area contributed by atoms with Crippen LogP contribution in [0, 0.1) is 0 Å². The van der Waals surface area contributed by atoms with Gasteiger partial charge >= 0.3 is 0 Å². The molecule has 0 saturated heterocycles. The first-order valence-electron chi connectivity index (χ1n) is 54.2. The minimum Gasteiger partial charge on any atom is -0.489 e. The van der Waals surface area contributed by atoms with E-state index in [1.54, 1.807) is 0 Å². The molecule has 0 atom stereocenters. The Bertz CT molecular complexity index is 2180. The van der Waals surface area contributed by atoms with Crippen LogP contribution >= 0.6 is 24.4 Å². The summed E-state index contributed by atoms with van der Waals surface area (Å²) in [6.45, 7) is 17.6. The summed E-state index contributed by atoms with van der Waals surface area (Å²) in [6.07, 6.45) is 111. The molecule has 0 aliphatic rings. The van der Waals surface area contributed by atoms with Gasteiger partial charge in [0.1, 0.15) is 9.98 Å². The topological polar surface area (TPSA) is 79.4 Å². The smallest absolute Gasteiger partial charge is 0.203 e. The van der Waals surface area contributed by atoms with Crippen molar-refractivity contribution in [2.24, 2.45) is 0 Å². The number of benzene rings is 2. The summed E-state index contributed by atoms with van der Waals surface area (Å²) in [5.74, 6) is 4.28. The summed E-state index contributed by atoms with van der Waals surface area (Å²) < 4.78 is 41.4. The highest BCUT2D eigenvalue weighted by Crippen LogP contribution is 2.44. The largest absolute Gasteiger partial charge is 0.489 e. The Labute approximate surface area is 759 Å². The molecular weight excluding hydrogens is 1510 g/mol. The maximum atomic E-state index is 6.90. The molecule has 0 spiro atoms. The maximum Gasteiger partial charge on any atom is 0.203 e. The molecule has 2 rings (SSSR count). The third kappa shape index (κ3) is 73.1.